The smallest absolute Gasteiger partial charge is 0.318 e. The third-order valence-corrected chi connectivity index (χ3v) is 5.77. The van der Waals surface area contributed by atoms with E-state index in [1.165, 1.54) is 9.75 Å². The lowest BCUT2D eigenvalue weighted by atomic mass is 10.2. The number of H-pyrrole nitrogens is 1. The van der Waals surface area contributed by atoms with Crippen LogP contribution in [-0.4, -0.2) is 27.4 Å². The largest absolute Gasteiger partial charge is 0.340 e. The number of carbonyl (C=O) groups is 1. The summed E-state index contributed by atoms with van der Waals surface area (Å²) < 4.78 is 0. The van der Waals surface area contributed by atoms with Gasteiger partial charge in [-0.3, -0.25) is 0 Å². The molecule has 1 aliphatic heterocycles. The highest BCUT2D eigenvalue weighted by Gasteiger charge is 2.32. The summed E-state index contributed by atoms with van der Waals surface area (Å²) >= 11 is 1.72. The van der Waals surface area contributed by atoms with Crippen molar-refractivity contribution in [3.05, 3.63) is 51.5 Å². The van der Waals surface area contributed by atoms with Gasteiger partial charge in [0.2, 0.25) is 0 Å². The Kier molecular flexibility index (Phi) is 4.21. The lowest BCUT2D eigenvalue weighted by molar-refractivity contribution is 0.191. The maximum absolute atomic E-state index is 12.7. The Morgan fingerprint density at radius 1 is 1.36 bits per heavy atom. The summed E-state index contributed by atoms with van der Waals surface area (Å²) in [5.41, 5.74) is 3.19. The fourth-order valence-corrected chi connectivity index (χ4v) is 4.32. The van der Waals surface area contributed by atoms with E-state index in [9.17, 15) is 4.79 Å². The number of thiophene rings is 1. The zero-order chi connectivity index (χ0) is 17.4. The number of imidazole rings is 1. The number of amides is 2. The van der Waals surface area contributed by atoms with Crippen molar-refractivity contribution in [2.45, 2.75) is 39.3 Å². The van der Waals surface area contributed by atoms with Gasteiger partial charge < -0.3 is 15.2 Å². The molecule has 2 aromatic heterocycles. The number of hydrogen-bond acceptors (Lipinski definition) is 3. The summed E-state index contributed by atoms with van der Waals surface area (Å²) in [5.74, 6) is 0.893. The van der Waals surface area contributed by atoms with Gasteiger partial charge in [0.1, 0.15) is 5.82 Å². The predicted molar refractivity (Wildman–Crippen MR) is 101 cm³/mol. The second kappa shape index (κ2) is 6.52. The van der Waals surface area contributed by atoms with Crippen LogP contribution >= 0.6 is 11.3 Å². The average Bonchev–Trinajstić information content (AvgIpc) is 3.31. The standard InChI is InChI=1S/C19H22N4OS/c1-12-5-3-6-15-17(12)22-18(21-15)16-7-4-10-23(16)19(24)20-11-14-9-8-13(2)25-14/h3,5-6,8-9,16H,4,7,10-11H2,1-2H3,(H,20,24)(H,21,22). The molecule has 5 nitrogen and oxygen atoms in total. The third-order valence-electron chi connectivity index (χ3n) is 4.77. The van der Waals surface area contributed by atoms with Crippen molar-refractivity contribution in [3.8, 4) is 0 Å². The number of urea groups is 1. The monoisotopic (exact) mass is 354 g/mol. The molecule has 0 saturated carbocycles. The Morgan fingerprint density at radius 2 is 2.24 bits per heavy atom. The molecule has 1 aromatic carbocycles. The first-order valence-corrected chi connectivity index (χ1v) is 9.48. The number of para-hydroxylation sites is 1. The third kappa shape index (κ3) is 3.14. The van der Waals surface area contributed by atoms with E-state index in [2.05, 4.69) is 42.3 Å². The first-order valence-electron chi connectivity index (χ1n) is 8.67. The van der Waals surface area contributed by atoms with E-state index in [1.54, 1.807) is 11.3 Å². The lowest BCUT2D eigenvalue weighted by Crippen LogP contribution is -2.39. The van der Waals surface area contributed by atoms with E-state index in [0.29, 0.717) is 6.54 Å². The molecule has 0 aliphatic carbocycles. The van der Waals surface area contributed by atoms with Gasteiger partial charge in [-0.1, -0.05) is 12.1 Å². The van der Waals surface area contributed by atoms with Crippen molar-refractivity contribution < 1.29 is 4.79 Å². The van der Waals surface area contributed by atoms with Crippen LogP contribution in [0.5, 0.6) is 0 Å². The molecule has 2 N–H and O–H groups in total. The first-order chi connectivity index (χ1) is 12.1. The number of aromatic amines is 1. The molecule has 1 atom stereocenters. The van der Waals surface area contributed by atoms with E-state index >= 15 is 0 Å². The number of nitrogens with zero attached hydrogens (tertiary/aromatic N) is 2. The van der Waals surface area contributed by atoms with E-state index in [0.717, 1.165) is 41.8 Å². The molecule has 0 spiro atoms. The van der Waals surface area contributed by atoms with Crippen LogP contribution in [0.2, 0.25) is 0 Å². The van der Waals surface area contributed by atoms with Gasteiger partial charge in [-0.2, -0.15) is 0 Å². The van der Waals surface area contributed by atoms with Crippen molar-refractivity contribution in [3.63, 3.8) is 0 Å². The highest BCUT2D eigenvalue weighted by Crippen LogP contribution is 2.32. The number of aromatic nitrogens is 2. The Bertz CT molecular complexity index is 913. The van der Waals surface area contributed by atoms with Crippen LogP contribution < -0.4 is 5.32 Å². The number of rotatable bonds is 3. The number of nitrogens with one attached hydrogen (secondary N) is 2. The minimum Gasteiger partial charge on any atom is -0.340 e. The molecule has 0 bridgehead atoms. The van der Waals surface area contributed by atoms with Gasteiger partial charge in [0.15, 0.2) is 0 Å². The normalized spacial score (nSPS) is 17.4. The molecule has 2 amide bonds. The molecule has 1 fully saturated rings. The van der Waals surface area contributed by atoms with Gasteiger partial charge in [-0.05, 0) is 50.5 Å². The van der Waals surface area contributed by atoms with Crippen LogP contribution in [0.15, 0.2) is 30.3 Å². The zero-order valence-corrected chi connectivity index (χ0v) is 15.3. The second-order valence-corrected chi connectivity index (χ2v) is 7.99. The van der Waals surface area contributed by atoms with Gasteiger partial charge in [0.25, 0.3) is 0 Å². The maximum Gasteiger partial charge on any atom is 0.318 e. The van der Waals surface area contributed by atoms with Crippen LogP contribution in [0.4, 0.5) is 4.79 Å². The van der Waals surface area contributed by atoms with Gasteiger partial charge in [0, 0.05) is 16.3 Å². The highest BCUT2D eigenvalue weighted by molar-refractivity contribution is 7.11. The van der Waals surface area contributed by atoms with Crippen LogP contribution in [-0.2, 0) is 6.54 Å². The molecular formula is C19H22N4OS. The number of carbonyl (C=O) groups excluding carboxylic acids is 1. The number of hydrogen-bond donors (Lipinski definition) is 2. The predicted octanol–water partition coefficient (Wildman–Crippen LogP) is 4.29. The zero-order valence-electron chi connectivity index (χ0n) is 14.5. The Morgan fingerprint density at radius 3 is 3.00 bits per heavy atom. The molecule has 1 unspecified atom stereocenters. The van der Waals surface area contributed by atoms with Crippen molar-refractivity contribution >= 4 is 28.4 Å². The van der Waals surface area contributed by atoms with Crippen molar-refractivity contribution in [1.29, 1.82) is 0 Å². The lowest BCUT2D eigenvalue weighted by Gasteiger charge is -2.23. The SMILES string of the molecule is Cc1ccc(CNC(=O)N2CCCC2c2nc3c(C)cccc3[nH]2)s1. The van der Waals surface area contributed by atoms with Crippen molar-refractivity contribution in [2.24, 2.45) is 0 Å². The molecular weight excluding hydrogens is 332 g/mol. The van der Waals surface area contributed by atoms with E-state index in [4.69, 9.17) is 4.98 Å². The summed E-state index contributed by atoms with van der Waals surface area (Å²) in [5, 5.41) is 3.05. The summed E-state index contributed by atoms with van der Waals surface area (Å²) in [6.07, 6.45) is 1.95. The Balaban J connectivity index is 1.50. The maximum atomic E-state index is 12.7. The van der Waals surface area contributed by atoms with E-state index < -0.39 is 0 Å². The second-order valence-electron chi connectivity index (χ2n) is 6.62. The van der Waals surface area contributed by atoms with Gasteiger partial charge >= 0.3 is 6.03 Å². The number of likely N-dealkylation sites (tertiary alicyclic amines) is 1. The number of fused-ring (bicyclic) bond motifs is 1. The first kappa shape index (κ1) is 16.1. The molecule has 3 aromatic rings. The minimum absolute atomic E-state index is 0.00858. The summed E-state index contributed by atoms with van der Waals surface area (Å²) in [6.45, 7) is 5.50. The highest BCUT2D eigenvalue weighted by atomic mass is 32.1. The molecule has 25 heavy (non-hydrogen) atoms. The fourth-order valence-electron chi connectivity index (χ4n) is 3.49. The van der Waals surface area contributed by atoms with Gasteiger partial charge in [-0.25, -0.2) is 9.78 Å². The van der Waals surface area contributed by atoms with Crippen LogP contribution in [0.3, 0.4) is 0 Å². The number of aryl methyl sites for hydroxylation is 2. The van der Waals surface area contributed by atoms with E-state index in [-0.39, 0.29) is 12.1 Å². The number of benzene rings is 1. The average molecular weight is 354 g/mol. The van der Waals surface area contributed by atoms with Crippen LogP contribution in [0.1, 0.15) is 40.0 Å². The Hall–Kier alpha value is -2.34. The quantitative estimate of drug-likeness (QED) is 0.737. The van der Waals surface area contributed by atoms with Crippen LogP contribution in [0, 0.1) is 13.8 Å². The van der Waals surface area contributed by atoms with Crippen molar-refractivity contribution in [1.82, 2.24) is 20.2 Å². The molecule has 3 heterocycles. The summed E-state index contributed by atoms with van der Waals surface area (Å²) in [4.78, 5) is 25.2. The summed E-state index contributed by atoms with van der Waals surface area (Å²) in [6, 6.07) is 10.3. The molecule has 1 saturated heterocycles. The van der Waals surface area contributed by atoms with Crippen molar-refractivity contribution in [2.75, 3.05) is 6.54 Å². The topological polar surface area (TPSA) is 61.0 Å². The molecule has 4 rings (SSSR count). The van der Waals surface area contributed by atoms with Gasteiger partial charge in [0.05, 0.1) is 23.6 Å². The molecule has 130 valence electrons. The van der Waals surface area contributed by atoms with E-state index in [1.807, 2.05) is 17.0 Å². The molecule has 1 aliphatic rings. The Labute approximate surface area is 151 Å². The molecule has 6 heteroatoms. The fraction of sp³-hybridized carbons (Fsp3) is 0.368. The van der Waals surface area contributed by atoms with Gasteiger partial charge in [-0.15, -0.1) is 11.3 Å². The minimum atomic E-state index is -0.00858. The van der Waals surface area contributed by atoms with Crippen LogP contribution in [0.25, 0.3) is 11.0 Å². The summed E-state index contributed by atoms with van der Waals surface area (Å²) in [7, 11) is 0. The molecule has 0 radical (unpaired) electrons.